The smallest absolute Gasteiger partial charge is 0.338 e. The van der Waals surface area contributed by atoms with Gasteiger partial charge in [0.15, 0.2) is 30.4 Å². The molecule has 1 N–H and O–H groups in total. The van der Waals surface area contributed by atoms with Gasteiger partial charge in [0.2, 0.25) is 0 Å². The summed E-state index contributed by atoms with van der Waals surface area (Å²) in [5.41, 5.74) is 1.90. The highest BCUT2D eigenvalue weighted by Crippen LogP contribution is 2.29. The van der Waals surface area contributed by atoms with Crippen molar-refractivity contribution in [3.05, 3.63) is 101 Å². The summed E-state index contributed by atoms with van der Waals surface area (Å²) in [6.07, 6.45) is -1.03. The fourth-order valence-electron chi connectivity index (χ4n) is 3.92. The monoisotopic (exact) mass is 511 g/mol. The summed E-state index contributed by atoms with van der Waals surface area (Å²) in [5, 5.41) is 11.1. The summed E-state index contributed by atoms with van der Waals surface area (Å²) in [6, 6.07) is 18.6. The number of pyridine rings is 1. The third-order valence-corrected chi connectivity index (χ3v) is 5.67. The Balaban J connectivity index is 0.00000361. The number of rotatable bonds is 7. The van der Waals surface area contributed by atoms with Gasteiger partial charge in [0.05, 0.1) is 16.7 Å². The zero-order valence-electron chi connectivity index (χ0n) is 19.7. The van der Waals surface area contributed by atoms with Crippen molar-refractivity contribution in [1.29, 1.82) is 0 Å². The van der Waals surface area contributed by atoms with E-state index in [1.165, 1.54) is 6.92 Å². The summed E-state index contributed by atoms with van der Waals surface area (Å²) < 4.78 is 18.7. The third-order valence-electron chi connectivity index (χ3n) is 5.67. The molecule has 0 radical (unpaired) electrons. The number of carbonyl (C=O) groups is 3. The Kier molecular flexibility index (Phi) is 8.93. The van der Waals surface area contributed by atoms with Crippen LogP contribution in [0.5, 0.6) is 0 Å². The van der Waals surface area contributed by atoms with Gasteiger partial charge in [-0.1, -0.05) is 36.4 Å². The van der Waals surface area contributed by atoms with E-state index >= 15 is 0 Å². The Morgan fingerprint density at radius 3 is 2.08 bits per heavy atom. The van der Waals surface area contributed by atoms with E-state index in [9.17, 15) is 19.5 Å². The van der Waals surface area contributed by atoms with Crippen molar-refractivity contribution in [3.8, 4) is 0 Å². The molecule has 4 rings (SSSR count). The Morgan fingerprint density at radius 2 is 1.50 bits per heavy atom. The van der Waals surface area contributed by atoms with Gasteiger partial charge in [-0.15, -0.1) is 0 Å². The van der Waals surface area contributed by atoms with Gasteiger partial charge in [0.1, 0.15) is 12.7 Å². The molecule has 3 aromatic rings. The number of halogens is 1. The van der Waals surface area contributed by atoms with Gasteiger partial charge in [-0.3, -0.25) is 4.79 Å². The van der Waals surface area contributed by atoms with Crippen molar-refractivity contribution in [2.24, 2.45) is 0 Å². The highest BCUT2D eigenvalue weighted by molar-refractivity contribution is 5.93. The molecule has 8 nitrogen and oxygen atoms in total. The van der Waals surface area contributed by atoms with Crippen molar-refractivity contribution in [3.63, 3.8) is 0 Å². The molecule has 1 aliphatic heterocycles. The summed E-state index contributed by atoms with van der Waals surface area (Å²) in [5.74, 6) is -1.35. The molecule has 1 aromatic heterocycles. The zero-order valence-corrected chi connectivity index (χ0v) is 20.5. The number of Topliss-reactive ketones (excluding diaryl/α,β-unsaturated/α-hetero) is 1. The minimum atomic E-state index is -1.28. The molecule has 1 aliphatic rings. The van der Waals surface area contributed by atoms with Crippen LogP contribution in [-0.4, -0.2) is 47.7 Å². The quantitative estimate of drug-likeness (QED) is 0.267. The van der Waals surface area contributed by atoms with Crippen molar-refractivity contribution < 1.29 is 50.7 Å². The van der Waals surface area contributed by atoms with E-state index in [4.69, 9.17) is 14.2 Å². The van der Waals surface area contributed by atoms with Crippen molar-refractivity contribution >= 4 is 17.7 Å². The molecule has 0 saturated carbocycles. The molecule has 9 heteroatoms. The maximum absolute atomic E-state index is 12.7. The first kappa shape index (κ1) is 27.0. The largest absolute Gasteiger partial charge is 1.00 e. The molecule has 0 bridgehead atoms. The molecular weight excluding hydrogens is 486 g/mol. The van der Waals surface area contributed by atoms with Crippen molar-refractivity contribution in [2.45, 2.75) is 38.4 Å². The number of aromatic nitrogens is 1. The van der Waals surface area contributed by atoms with Gasteiger partial charge in [0.25, 0.3) is 6.23 Å². The lowest BCUT2D eigenvalue weighted by atomic mass is 10.1. The summed E-state index contributed by atoms with van der Waals surface area (Å²) in [7, 11) is 0. The number of aliphatic hydroxyl groups excluding tert-OH is 1. The Labute approximate surface area is 214 Å². The average molecular weight is 512 g/mol. The van der Waals surface area contributed by atoms with E-state index in [-0.39, 0.29) is 24.8 Å². The zero-order chi connectivity index (χ0) is 24.9. The lowest BCUT2D eigenvalue weighted by Gasteiger charge is -2.19. The third kappa shape index (κ3) is 6.15. The van der Waals surface area contributed by atoms with Crippen LogP contribution in [0.4, 0.5) is 0 Å². The minimum Gasteiger partial charge on any atom is -1.00 e. The second-order valence-corrected chi connectivity index (χ2v) is 8.36. The molecule has 2 aromatic carbocycles. The van der Waals surface area contributed by atoms with Crippen molar-refractivity contribution in [2.75, 3.05) is 6.61 Å². The van der Waals surface area contributed by atoms with E-state index in [0.717, 1.165) is 5.56 Å². The Morgan fingerprint density at radius 1 is 0.917 bits per heavy atom. The number of carbonyl (C=O) groups excluding carboxylic acids is 3. The van der Waals surface area contributed by atoms with Gasteiger partial charge in [0, 0.05) is 5.56 Å². The van der Waals surface area contributed by atoms with Crippen LogP contribution in [-0.2, 0) is 14.2 Å². The normalized spacial score (nSPS) is 20.8. The summed E-state index contributed by atoms with van der Waals surface area (Å²) in [4.78, 5) is 37.1. The van der Waals surface area contributed by atoms with Gasteiger partial charge < -0.3 is 31.7 Å². The van der Waals surface area contributed by atoms with Crippen LogP contribution >= 0.6 is 0 Å². The molecule has 1 fully saturated rings. The average Bonchev–Trinajstić information content (AvgIpc) is 3.18. The van der Waals surface area contributed by atoms with Gasteiger partial charge in [-0.25, -0.2) is 9.59 Å². The number of hydrogen-bond donors (Lipinski definition) is 1. The van der Waals surface area contributed by atoms with Crippen LogP contribution in [0.2, 0.25) is 0 Å². The SMILES string of the molecule is CC(=O)c1cc(C)c[n+](C2OC(COC(=O)c3ccccc3)C(OC(=O)c3ccccc3)C2O)c1.[Cl-]. The fraction of sp³-hybridized carbons (Fsp3) is 0.259. The second kappa shape index (κ2) is 11.9. The molecular formula is C27H26ClNO7. The molecule has 4 unspecified atom stereocenters. The molecule has 1 saturated heterocycles. The second-order valence-electron chi connectivity index (χ2n) is 8.36. The number of ketones is 1. The topological polar surface area (TPSA) is 103 Å². The molecule has 0 amide bonds. The number of ether oxygens (including phenoxy) is 3. The fourth-order valence-corrected chi connectivity index (χ4v) is 3.92. The maximum atomic E-state index is 12.7. The highest BCUT2D eigenvalue weighted by Gasteiger charge is 2.52. The number of benzene rings is 2. The number of nitrogens with zero attached hydrogens (tertiary/aromatic N) is 1. The standard InChI is InChI=1S/C27H26NO7.ClH/c1-17-13-21(18(2)29)15-28(14-17)25-23(30)24(35-27(32)20-11-7-4-8-12-20)22(34-25)16-33-26(31)19-9-5-3-6-10-19;/h3-15,22-25,30H,16H2,1-2H3;1H/q+1;/p-1. The molecule has 188 valence electrons. The van der Waals surface area contributed by atoms with Gasteiger partial charge >= 0.3 is 11.9 Å². The first-order chi connectivity index (χ1) is 16.8. The number of hydrogen-bond acceptors (Lipinski definition) is 7. The predicted molar refractivity (Wildman–Crippen MR) is 124 cm³/mol. The molecule has 4 atom stereocenters. The Hall–Kier alpha value is -3.59. The highest BCUT2D eigenvalue weighted by atomic mass is 35.5. The molecule has 2 heterocycles. The number of aryl methyl sites for hydroxylation is 1. The van der Waals surface area contributed by atoms with E-state index in [1.54, 1.807) is 83.7 Å². The van der Waals surface area contributed by atoms with Crippen molar-refractivity contribution in [1.82, 2.24) is 0 Å². The summed E-state index contributed by atoms with van der Waals surface area (Å²) >= 11 is 0. The van der Waals surface area contributed by atoms with E-state index < -0.39 is 36.5 Å². The van der Waals surface area contributed by atoms with E-state index in [0.29, 0.717) is 16.7 Å². The molecule has 0 aliphatic carbocycles. The van der Waals surface area contributed by atoms with Crippen LogP contribution in [0.25, 0.3) is 0 Å². The van der Waals surface area contributed by atoms with Crippen LogP contribution in [0.15, 0.2) is 79.1 Å². The maximum Gasteiger partial charge on any atom is 0.338 e. The van der Waals surface area contributed by atoms with Gasteiger partial charge in [-0.05, 0) is 44.2 Å². The van der Waals surface area contributed by atoms with Crippen LogP contribution in [0.3, 0.4) is 0 Å². The molecule has 0 spiro atoms. The number of aliphatic hydroxyl groups is 1. The lowest BCUT2D eigenvalue weighted by molar-refractivity contribution is -0.766. The minimum absolute atomic E-state index is 0. The van der Waals surface area contributed by atoms with E-state index in [2.05, 4.69) is 0 Å². The van der Waals surface area contributed by atoms with Crippen LogP contribution in [0.1, 0.15) is 49.8 Å². The first-order valence-corrected chi connectivity index (χ1v) is 11.2. The van der Waals surface area contributed by atoms with Crippen LogP contribution in [0, 0.1) is 6.92 Å². The Bertz CT molecular complexity index is 1220. The first-order valence-electron chi connectivity index (χ1n) is 11.2. The molecule has 36 heavy (non-hydrogen) atoms. The van der Waals surface area contributed by atoms with Gasteiger partial charge in [-0.2, -0.15) is 4.57 Å². The lowest BCUT2D eigenvalue weighted by Crippen LogP contribution is -3.00. The summed E-state index contributed by atoms with van der Waals surface area (Å²) in [6.45, 7) is 3.01. The predicted octanol–water partition coefficient (Wildman–Crippen LogP) is -0.170. The van der Waals surface area contributed by atoms with E-state index in [1.807, 2.05) is 6.92 Å². The van der Waals surface area contributed by atoms with Crippen LogP contribution < -0.4 is 17.0 Å². The number of esters is 2.